The van der Waals surface area contributed by atoms with E-state index in [1.807, 2.05) is 0 Å². The lowest BCUT2D eigenvalue weighted by Gasteiger charge is -1.99. The molecule has 0 aromatic heterocycles. The third-order valence-corrected chi connectivity index (χ3v) is 2.13. The van der Waals surface area contributed by atoms with Crippen molar-refractivity contribution in [3.63, 3.8) is 0 Å². The molecule has 0 aliphatic carbocycles. The van der Waals surface area contributed by atoms with E-state index in [0.717, 1.165) is 0 Å². The molecule has 0 aliphatic rings. The molecule has 0 radical (unpaired) electrons. The van der Waals surface area contributed by atoms with Crippen molar-refractivity contribution in [1.29, 1.82) is 0 Å². The summed E-state index contributed by atoms with van der Waals surface area (Å²) < 4.78 is 30.7. The van der Waals surface area contributed by atoms with Gasteiger partial charge in [-0.15, -0.1) is 0 Å². The van der Waals surface area contributed by atoms with Crippen molar-refractivity contribution >= 4 is 6.08 Å². The molecule has 2 rings (SSSR count). The van der Waals surface area contributed by atoms with Crippen LogP contribution in [0, 0.1) is 11.6 Å². The molecule has 0 spiro atoms. The van der Waals surface area contributed by atoms with Crippen LogP contribution < -0.4 is 4.74 Å². The third kappa shape index (κ3) is 3.41. The van der Waals surface area contributed by atoms with E-state index in [2.05, 4.69) is 0 Å². The van der Waals surface area contributed by atoms with Crippen LogP contribution >= 0.6 is 0 Å². The standard InChI is InChI=1S/C14H10F2O/c15-12-4-6-14(7-5-12)17-9-8-11-2-1-3-13(16)10-11/h1-10H/b9-8+. The first-order valence-corrected chi connectivity index (χ1v) is 5.08. The van der Waals surface area contributed by atoms with Gasteiger partial charge in [0.2, 0.25) is 0 Å². The zero-order chi connectivity index (χ0) is 12.1. The van der Waals surface area contributed by atoms with Gasteiger partial charge < -0.3 is 4.74 Å². The first kappa shape index (κ1) is 11.3. The molecule has 17 heavy (non-hydrogen) atoms. The number of benzene rings is 2. The molecule has 2 aromatic rings. The maximum Gasteiger partial charge on any atom is 0.126 e. The van der Waals surface area contributed by atoms with Crippen LogP contribution in [-0.4, -0.2) is 0 Å². The van der Waals surface area contributed by atoms with Crippen LogP contribution in [0.3, 0.4) is 0 Å². The van der Waals surface area contributed by atoms with E-state index >= 15 is 0 Å². The average molecular weight is 232 g/mol. The fourth-order valence-corrected chi connectivity index (χ4v) is 1.31. The second-order valence-corrected chi connectivity index (χ2v) is 3.43. The Hall–Kier alpha value is -2.16. The summed E-state index contributed by atoms with van der Waals surface area (Å²) in [6.07, 6.45) is 3.06. The van der Waals surface area contributed by atoms with E-state index in [-0.39, 0.29) is 11.6 Å². The summed E-state index contributed by atoms with van der Waals surface area (Å²) in [5, 5.41) is 0. The van der Waals surface area contributed by atoms with Crippen LogP contribution in [0.25, 0.3) is 6.08 Å². The van der Waals surface area contributed by atoms with Crippen LogP contribution in [0.1, 0.15) is 5.56 Å². The quantitative estimate of drug-likeness (QED) is 0.726. The van der Waals surface area contributed by atoms with Gasteiger partial charge in [0.15, 0.2) is 0 Å². The largest absolute Gasteiger partial charge is 0.465 e. The first-order valence-electron chi connectivity index (χ1n) is 5.08. The lowest BCUT2D eigenvalue weighted by atomic mass is 10.2. The van der Waals surface area contributed by atoms with Crippen molar-refractivity contribution < 1.29 is 13.5 Å². The summed E-state index contributed by atoms with van der Waals surface area (Å²) in [7, 11) is 0. The molecule has 0 N–H and O–H groups in total. The van der Waals surface area contributed by atoms with Crippen LogP contribution in [-0.2, 0) is 0 Å². The normalized spacial score (nSPS) is 10.7. The molecule has 0 heterocycles. The van der Waals surface area contributed by atoms with Crippen molar-refractivity contribution in [2.45, 2.75) is 0 Å². The monoisotopic (exact) mass is 232 g/mol. The summed E-state index contributed by atoms with van der Waals surface area (Å²) in [5.41, 5.74) is 0.701. The molecule has 2 aromatic carbocycles. The molecule has 0 aliphatic heterocycles. The predicted octanol–water partition coefficient (Wildman–Crippen LogP) is 4.01. The highest BCUT2D eigenvalue weighted by Gasteiger charge is 1.93. The molecule has 86 valence electrons. The van der Waals surface area contributed by atoms with Gasteiger partial charge in [-0.25, -0.2) is 8.78 Å². The van der Waals surface area contributed by atoms with Crippen LogP contribution in [0.5, 0.6) is 5.75 Å². The highest BCUT2D eigenvalue weighted by molar-refractivity contribution is 5.48. The smallest absolute Gasteiger partial charge is 0.126 e. The summed E-state index contributed by atoms with van der Waals surface area (Å²) in [5.74, 6) is -0.0838. The summed E-state index contributed by atoms with van der Waals surface area (Å²) >= 11 is 0. The molecule has 3 heteroatoms. The fourth-order valence-electron chi connectivity index (χ4n) is 1.31. The van der Waals surface area contributed by atoms with Gasteiger partial charge in [0.25, 0.3) is 0 Å². The predicted molar refractivity (Wildman–Crippen MR) is 62.5 cm³/mol. The molecule has 0 atom stereocenters. The van der Waals surface area contributed by atoms with Crippen molar-refractivity contribution in [3.05, 3.63) is 72.0 Å². The van der Waals surface area contributed by atoms with Crippen LogP contribution in [0.15, 0.2) is 54.8 Å². The summed E-state index contributed by atoms with van der Waals surface area (Å²) in [6, 6.07) is 11.8. The number of rotatable bonds is 3. The van der Waals surface area contributed by atoms with Crippen LogP contribution in [0.2, 0.25) is 0 Å². The molecular formula is C14H10F2O. The Balaban J connectivity index is 2.00. The third-order valence-electron chi connectivity index (χ3n) is 2.13. The fraction of sp³-hybridized carbons (Fsp3) is 0. The van der Waals surface area contributed by atoms with E-state index in [1.54, 1.807) is 18.2 Å². The summed E-state index contributed by atoms with van der Waals surface area (Å²) in [4.78, 5) is 0. The minimum atomic E-state index is -0.313. The van der Waals surface area contributed by atoms with Gasteiger partial charge in [-0.1, -0.05) is 12.1 Å². The van der Waals surface area contributed by atoms with Gasteiger partial charge in [-0.05, 0) is 48.0 Å². The Morgan fingerprint density at radius 1 is 0.882 bits per heavy atom. The van der Waals surface area contributed by atoms with E-state index in [9.17, 15) is 8.78 Å². The number of hydrogen-bond acceptors (Lipinski definition) is 1. The van der Waals surface area contributed by atoms with Gasteiger partial charge in [0.1, 0.15) is 17.4 Å². The van der Waals surface area contributed by atoms with Gasteiger partial charge >= 0.3 is 0 Å². The van der Waals surface area contributed by atoms with Crippen molar-refractivity contribution in [3.8, 4) is 5.75 Å². The lowest BCUT2D eigenvalue weighted by Crippen LogP contribution is -1.82. The second kappa shape index (κ2) is 5.25. The Labute approximate surface area is 98.0 Å². The van der Waals surface area contributed by atoms with E-state index in [4.69, 9.17) is 4.74 Å². The minimum absolute atomic E-state index is 0.297. The second-order valence-electron chi connectivity index (χ2n) is 3.43. The van der Waals surface area contributed by atoms with Gasteiger partial charge in [-0.3, -0.25) is 0 Å². The molecule has 0 unspecified atom stereocenters. The molecule has 0 bridgehead atoms. The maximum absolute atomic E-state index is 12.8. The SMILES string of the molecule is Fc1ccc(O/C=C/c2cccc(F)c2)cc1. The molecule has 0 saturated heterocycles. The van der Waals surface area contributed by atoms with Crippen molar-refractivity contribution in [1.82, 2.24) is 0 Å². The average Bonchev–Trinajstić information content (AvgIpc) is 2.32. The number of halogens is 2. The van der Waals surface area contributed by atoms with E-state index < -0.39 is 0 Å². The Morgan fingerprint density at radius 3 is 2.35 bits per heavy atom. The Kier molecular flexibility index (Phi) is 3.50. The first-order chi connectivity index (χ1) is 8.24. The number of hydrogen-bond donors (Lipinski definition) is 0. The minimum Gasteiger partial charge on any atom is -0.465 e. The summed E-state index contributed by atoms with van der Waals surface area (Å²) in [6.45, 7) is 0. The lowest BCUT2D eigenvalue weighted by molar-refractivity contribution is 0.483. The van der Waals surface area contributed by atoms with Gasteiger partial charge in [0, 0.05) is 0 Å². The molecule has 0 fully saturated rings. The molecular weight excluding hydrogens is 222 g/mol. The Morgan fingerprint density at radius 2 is 1.65 bits per heavy atom. The highest BCUT2D eigenvalue weighted by Crippen LogP contribution is 2.12. The zero-order valence-electron chi connectivity index (χ0n) is 8.94. The van der Waals surface area contributed by atoms with E-state index in [1.165, 1.54) is 42.7 Å². The van der Waals surface area contributed by atoms with Crippen molar-refractivity contribution in [2.24, 2.45) is 0 Å². The van der Waals surface area contributed by atoms with Gasteiger partial charge in [0.05, 0.1) is 6.26 Å². The van der Waals surface area contributed by atoms with Gasteiger partial charge in [-0.2, -0.15) is 0 Å². The molecule has 1 nitrogen and oxygen atoms in total. The molecule has 0 amide bonds. The highest BCUT2D eigenvalue weighted by atomic mass is 19.1. The van der Waals surface area contributed by atoms with Crippen LogP contribution in [0.4, 0.5) is 8.78 Å². The Bertz CT molecular complexity index is 518. The van der Waals surface area contributed by atoms with E-state index in [0.29, 0.717) is 11.3 Å². The number of ether oxygens (including phenoxy) is 1. The van der Waals surface area contributed by atoms with Crippen molar-refractivity contribution in [2.75, 3.05) is 0 Å². The molecule has 0 saturated carbocycles. The topological polar surface area (TPSA) is 9.23 Å². The maximum atomic E-state index is 12.8. The zero-order valence-corrected chi connectivity index (χ0v) is 8.94.